The van der Waals surface area contributed by atoms with Gasteiger partial charge in [0.1, 0.15) is 13.2 Å². The van der Waals surface area contributed by atoms with Crippen LogP contribution in [0.4, 0.5) is 13.2 Å². The molecule has 2 atom stereocenters. The van der Waals surface area contributed by atoms with Crippen LogP contribution in [0, 0.1) is 0 Å². The number of rotatable bonds is 4. The average molecular weight is 288 g/mol. The second-order valence-corrected chi connectivity index (χ2v) is 5.04. The molecule has 0 radical (unpaired) electrons. The Bertz CT molecular complexity index is 286. The van der Waals surface area contributed by atoms with E-state index < -0.39 is 25.3 Å². The van der Waals surface area contributed by atoms with E-state index in [9.17, 15) is 18.0 Å². The van der Waals surface area contributed by atoms with Gasteiger partial charge in [-0.1, -0.05) is 12.8 Å². The number of alkyl halides is 4. The molecule has 106 valence electrons. The van der Waals surface area contributed by atoms with Crippen molar-refractivity contribution < 1.29 is 22.7 Å². The van der Waals surface area contributed by atoms with Crippen LogP contribution < -0.4 is 0 Å². The quantitative estimate of drug-likeness (QED) is 0.744. The van der Waals surface area contributed by atoms with Gasteiger partial charge in [-0.3, -0.25) is 4.79 Å². The van der Waals surface area contributed by atoms with E-state index in [0.29, 0.717) is 0 Å². The lowest BCUT2D eigenvalue weighted by Crippen LogP contribution is -2.45. The Kier molecular flexibility index (Phi) is 5.72. The maximum absolute atomic E-state index is 11.9. The highest BCUT2D eigenvalue weighted by Crippen LogP contribution is 2.26. The summed E-state index contributed by atoms with van der Waals surface area (Å²) < 4.78 is 39.9. The number of likely N-dealkylation sites (N-methyl/N-ethyl adjacent to an activating group) is 1. The van der Waals surface area contributed by atoms with Crippen LogP contribution in [-0.2, 0) is 9.53 Å². The van der Waals surface area contributed by atoms with Crippen LogP contribution in [0.1, 0.15) is 25.7 Å². The third kappa shape index (κ3) is 5.02. The van der Waals surface area contributed by atoms with Gasteiger partial charge in [0.25, 0.3) is 0 Å². The number of carbonyl (C=O) groups excluding carboxylic acids is 1. The standard InChI is InChI=1S/C11H17ClF3NO2/c1-16(9-5-3-2-4-8(9)12)10(17)6-18-7-11(13,14)15/h8-9H,2-7H2,1H3. The third-order valence-corrected chi connectivity index (χ3v) is 3.54. The summed E-state index contributed by atoms with van der Waals surface area (Å²) in [5, 5.41) is -0.129. The molecule has 3 nitrogen and oxygen atoms in total. The Hall–Kier alpha value is -0.490. The second-order valence-electron chi connectivity index (χ2n) is 4.48. The zero-order valence-electron chi connectivity index (χ0n) is 10.2. The SMILES string of the molecule is CN(C(=O)COCC(F)(F)F)C1CCCCC1Cl. The van der Waals surface area contributed by atoms with E-state index in [1.807, 2.05) is 0 Å². The Balaban J connectivity index is 2.36. The summed E-state index contributed by atoms with van der Waals surface area (Å²) in [4.78, 5) is 13.1. The Labute approximate surface area is 109 Å². The molecule has 0 aromatic heterocycles. The second kappa shape index (κ2) is 6.61. The van der Waals surface area contributed by atoms with Crippen molar-refractivity contribution in [2.24, 2.45) is 0 Å². The van der Waals surface area contributed by atoms with Gasteiger partial charge in [0.05, 0.1) is 5.38 Å². The molecular weight excluding hydrogens is 271 g/mol. The molecule has 0 aromatic carbocycles. The lowest BCUT2D eigenvalue weighted by atomic mass is 9.94. The van der Waals surface area contributed by atoms with Gasteiger partial charge in [-0.15, -0.1) is 11.6 Å². The van der Waals surface area contributed by atoms with Gasteiger partial charge in [-0.2, -0.15) is 13.2 Å². The van der Waals surface area contributed by atoms with Crippen molar-refractivity contribution >= 4 is 17.5 Å². The summed E-state index contributed by atoms with van der Waals surface area (Å²) in [6.07, 6.45) is -0.784. The van der Waals surface area contributed by atoms with Crippen molar-refractivity contribution in [3.63, 3.8) is 0 Å². The molecule has 1 saturated carbocycles. The summed E-state index contributed by atoms with van der Waals surface area (Å²) in [5.74, 6) is -0.461. The van der Waals surface area contributed by atoms with Gasteiger partial charge in [-0.25, -0.2) is 0 Å². The monoisotopic (exact) mass is 287 g/mol. The molecule has 1 fully saturated rings. The molecule has 0 spiro atoms. The van der Waals surface area contributed by atoms with Crippen molar-refractivity contribution in [1.82, 2.24) is 4.90 Å². The number of hydrogen-bond acceptors (Lipinski definition) is 2. The van der Waals surface area contributed by atoms with Gasteiger partial charge in [0.2, 0.25) is 5.91 Å². The van der Waals surface area contributed by atoms with Crippen LogP contribution >= 0.6 is 11.6 Å². The minimum atomic E-state index is -4.40. The van der Waals surface area contributed by atoms with Crippen molar-refractivity contribution in [1.29, 1.82) is 0 Å². The molecule has 0 N–H and O–H groups in total. The summed E-state index contributed by atoms with van der Waals surface area (Å²) >= 11 is 6.11. The number of halogens is 4. The van der Waals surface area contributed by atoms with Crippen molar-refractivity contribution in [3.8, 4) is 0 Å². The topological polar surface area (TPSA) is 29.5 Å². The minimum Gasteiger partial charge on any atom is -0.362 e. The highest BCUT2D eigenvalue weighted by molar-refractivity contribution is 6.21. The largest absolute Gasteiger partial charge is 0.411 e. The van der Waals surface area contributed by atoms with E-state index in [1.54, 1.807) is 7.05 Å². The number of hydrogen-bond donors (Lipinski definition) is 0. The summed E-state index contributed by atoms with van der Waals surface area (Å²) in [6, 6.07) is -0.109. The fourth-order valence-electron chi connectivity index (χ4n) is 2.04. The molecule has 0 saturated heterocycles. The average Bonchev–Trinajstić information content (AvgIpc) is 2.27. The number of ether oxygens (including phenoxy) is 1. The van der Waals surface area contributed by atoms with E-state index in [4.69, 9.17) is 11.6 Å². The maximum Gasteiger partial charge on any atom is 0.411 e. The predicted molar refractivity (Wildman–Crippen MR) is 61.5 cm³/mol. The van der Waals surface area contributed by atoms with Crippen LogP contribution in [0.2, 0.25) is 0 Å². The zero-order chi connectivity index (χ0) is 13.8. The van der Waals surface area contributed by atoms with E-state index >= 15 is 0 Å². The normalized spacial score (nSPS) is 24.9. The third-order valence-electron chi connectivity index (χ3n) is 3.03. The van der Waals surface area contributed by atoms with Crippen molar-refractivity contribution in [2.75, 3.05) is 20.3 Å². The first-order valence-electron chi connectivity index (χ1n) is 5.85. The highest BCUT2D eigenvalue weighted by atomic mass is 35.5. The molecule has 0 heterocycles. The zero-order valence-corrected chi connectivity index (χ0v) is 10.9. The molecule has 2 unspecified atom stereocenters. The fourth-order valence-corrected chi connectivity index (χ4v) is 2.49. The molecule has 0 aliphatic heterocycles. The molecule has 1 aliphatic carbocycles. The van der Waals surface area contributed by atoms with Gasteiger partial charge in [-0.05, 0) is 12.8 Å². The lowest BCUT2D eigenvalue weighted by molar-refractivity contribution is -0.178. The molecular formula is C11H17ClF3NO2. The molecule has 1 amide bonds. The summed E-state index contributed by atoms with van der Waals surface area (Å²) in [7, 11) is 1.56. The van der Waals surface area contributed by atoms with Crippen molar-refractivity contribution in [3.05, 3.63) is 0 Å². The first-order chi connectivity index (χ1) is 8.31. The van der Waals surface area contributed by atoms with Gasteiger partial charge in [0.15, 0.2) is 0 Å². The number of carbonyl (C=O) groups is 1. The van der Waals surface area contributed by atoms with E-state index in [2.05, 4.69) is 4.74 Å². The summed E-state index contributed by atoms with van der Waals surface area (Å²) in [5.41, 5.74) is 0. The van der Waals surface area contributed by atoms with E-state index in [-0.39, 0.29) is 11.4 Å². The van der Waals surface area contributed by atoms with Crippen LogP contribution in [0.15, 0.2) is 0 Å². The Morgan fingerprint density at radius 2 is 2.00 bits per heavy atom. The molecule has 0 bridgehead atoms. The Morgan fingerprint density at radius 3 is 2.56 bits per heavy atom. The van der Waals surface area contributed by atoms with Crippen LogP contribution in [-0.4, -0.2) is 48.7 Å². The van der Waals surface area contributed by atoms with Gasteiger partial charge < -0.3 is 9.64 Å². The number of amides is 1. The van der Waals surface area contributed by atoms with Gasteiger partial charge >= 0.3 is 6.18 Å². The first kappa shape index (κ1) is 15.6. The van der Waals surface area contributed by atoms with Crippen molar-refractivity contribution in [2.45, 2.75) is 43.3 Å². The summed E-state index contributed by atoms with van der Waals surface area (Å²) in [6.45, 7) is -1.96. The highest BCUT2D eigenvalue weighted by Gasteiger charge is 2.31. The van der Waals surface area contributed by atoms with Gasteiger partial charge in [0, 0.05) is 13.1 Å². The minimum absolute atomic E-state index is 0.109. The van der Waals surface area contributed by atoms with E-state index in [0.717, 1.165) is 25.7 Å². The molecule has 0 aromatic rings. The smallest absolute Gasteiger partial charge is 0.362 e. The molecule has 1 rings (SSSR count). The Morgan fingerprint density at radius 1 is 1.39 bits per heavy atom. The van der Waals surface area contributed by atoms with E-state index in [1.165, 1.54) is 4.90 Å². The fraction of sp³-hybridized carbons (Fsp3) is 0.909. The van der Waals surface area contributed by atoms with Crippen LogP contribution in [0.25, 0.3) is 0 Å². The molecule has 18 heavy (non-hydrogen) atoms. The number of nitrogens with zero attached hydrogens (tertiary/aromatic N) is 1. The van der Waals surface area contributed by atoms with Crippen LogP contribution in [0.5, 0.6) is 0 Å². The van der Waals surface area contributed by atoms with Crippen LogP contribution in [0.3, 0.4) is 0 Å². The molecule has 7 heteroatoms. The predicted octanol–water partition coefficient (Wildman–Crippen LogP) is 2.57. The lowest BCUT2D eigenvalue weighted by Gasteiger charge is -2.34. The first-order valence-corrected chi connectivity index (χ1v) is 6.29. The maximum atomic E-state index is 11.9. The molecule has 1 aliphatic rings.